The van der Waals surface area contributed by atoms with Crippen LogP contribution in [-0.2, 0) is 16.1 Å². The van der Waals surface area contributed by atoms with Gasteiger partial charge in [0.2, 0.25) is 0 Å². The number of rotatable bonds is 4. The fourth-order valence-electron chi connectivity index (χ4n) is 3.12. The fourth-order valence-corrected chi connectivity index (χ4v) is 3.94. The molecule has 5 aromatic rings. The van der Waals surface area contributed by atoms with Crippen LogP contribution in [-0.4, -0.2) is 26.4 Å². The van der Waals surface area contributed by atoms with Gasteiger partial charge in [0.1, 0.15) is 5.82 Å². The number of non-ortho nitro benzene ring substituents is 1. The number of para-hydroxylation sites is 1. The predicted octanol–water partition coefficient (Wildman–Crippen LogP) is 5.51. The Morgan fingerprint density at radius 1 is 1.03 bits per heavy atom. The molecule has 0 spiro atoms. The van der Waals surface area contributed by atoms with Gasteiger partial charge in [-0.15, -0.1) is 0 Å². The van der Waals surface area contributed by atoms with Gasteiger partial charge in [-0.05, 0) is 52.8 Å². The first-order chi connectivity index (χ1) is 16.4. The van der Waals surface area contributed by atoms with E-state index < -0.39 is 4.92 Å². The SMILES string of the molecule is Clc1ccc(Cn2ccc3ccccc32)cc1.Nc1nsc2ccc([N+](=O)[O-])cc12.O=CC=O. The molecule has 0 bridgehead atoms. The van der Waals surface area contributed by atoms with Crippen molar-refractivity contribution in [3.8, 4) is 0 Å². The molecule has 8 nitrogen and oxygen atoms in total. The summed E-state index contributed by atoms with van der Waals surface area (Å²) in [6.45, 7) is 0.880. The number of nitro groups is 1. The number of nitro benzene ring substituents is 1. The summed E-state index contributed by atoms with van der Waals surface area (Å²) in [7, 11) is 0. The lowest BCUT2D eigenvalue weighted by atomic mass is 10.2. The number of nitrogens with two attached hydrogens (primary N) is 1. The molecule has 0 saturated carbocycles. The van der Waals surface area contributed by atoms with Gasteiger partial charge in [0, 0.05) is 40.8 Å². The van der Waals surface area contributed by atoms with Gasteiger partial charge >= 0.3 is 0 Å². The molecule has 34 heavy (non-hydrogen) atoms. The normalized spacial score (nSPS) is 10.0. The summed E-state index contributed by atoms with van der Waals surface area (Å²) in [6, 6.07) is 23.1. The van der Waals surface area contributed by atoms with Gasteiger partial charge in [-0.3, -0.25) is 19.7 Å². The number of anilines is 1. The third-order valence-corrected chi connectivity index (χ3v) is 5.79. The molecule has 172 valence electrons. The number of carbonyl (C=O) groups excluding carboxylic acids is 2. The van der Waals surface area contributed by atoms with E-state index in [0.717, 1.165) is 16.3 Å². The number of carbonyl (C=O) groups is 2. The average Bonchev–Trinajstić information content (AvgIpc) is 3.44. The second-order valence-corrected chi connectivity index (χ2v) is 8.15. The summed E-state index contributed by atoms with van der Waals surface area (Å²) in [5.41, 5.74) is 8.09. The number of hydrogen-bond acceptors (Lipinski definition) is 7. The van der Waals surface area contributed by atoms with Crippen LogP contribution < -0.4 is 5.73 Å². The van der Waals surface area contributed by atoms with Gasteiger partial charge in [-0.1, -0.05) is 41.9 Å². The standard InChI is InChI=1S/C15H12ClN.C7H5N3O2S.C2H2O2/c16-14-7-5-12(6-8-14)11-17-10-9-13-3-1-2-4-15(13)17;8-7-5-3-4(10(11)12)1-2-6(5)13-9-7;3-1-2-4/h1-10H,11H2;1-3H,(H2,8,9);1-2H. The third-order valence-electron chi connectivity index (χ3n) is 4.69. The van der Waals surface area contributed by atoms with Gasteiger partial charge in [0.05, 0.1) is 9.62 Å². The first-order valence-electron chi connectivity index (χ1n) is 9.89. The zero-order valence-corrected chi connectivity index (χ0v) is 19.3. The summed E-state index contributed by atoms with van der Waals surface area (Å²) >= 11 is 7.12. The summed E-state index contributed by atoms with van der Waals surface area (Å²) in [5.74, 6) is 0.351. The maximum atomic E-state index is 10.4. The molecule has 5 rings (SSSR count). The monoisotopic (exact) mass is 494 g/mol. The molecule has 0 saturated heterocycles. The smallest absolute Gasteiger partial charge is 0.270 e. The molecule has 0 atom stereocenters. The van der Waals surface area contributed by atoms with Crippen LogP contribution in [0.15, 0.2) is 79.0 Å². The first kappa shape index (κ1) is 24.6. The molecular weight excluding hydrogens is 476 g/mol. The van der Waals surface area contributed by atoms with Gasteiger partial charge in [-0.2, -0.15) is 4.37 Å². The van der Waals surface area contributed by atoms with E-state index in [4.69, 9.17) is 26.9 Å². The Kier molecular flexibility index (Phi) is 8.44. The van der Waals surface area contributed by atoms with Gasteiger partial charge < -0.3 is 10.3 Å². The third kappa shape index (κ3) is 6.25. The molecule has 0 aliphatic carbocycles. The maximum absolute atomic E-state index is 10.4. The van der Waals surface area contributed by atoms with E-state index in [1.165, 1.54) is 40.1 Å². The number of benzene rings is 3. The topological polar surface area (TPSA) is 121 Å². The Morgan fingerprint density at radius 3 is 2.41 bits per heavy atom. The molecule has 2 heterocycles. The van der Waals surface area contributed by atoms with Gasteiger partial charge in [0.25, 0.3) is 5.69 Å². The van der Waals surface area contributed by atoms with Crippen molar-refractivity contribution in [2.45, 2.75) is 6.54 Å². The number of nitrogen functional groups attached to an aromatic ring is 1. The highest BCUT2D eigenvalue weighted by Gasteiger charge is 2.09. The zero-order valence-electron chi connectivity index (χ0n) is 17.7. The molecule has 0 amide bonds. The van der Waals surface area contributed by atoms with Crippen LogP contribution >= 0.6 is 23.1 Å². The number of halogens is 1. The number of nitrogens with zero attached hydrogens (tertiary/aromatic N) is 3. The number of aromatic nitrogens is 2. The van der Waals surface area contributed by atoms with E-state index in [9.17, 15) is 10.1 Å². The quantitative estimate of drug-likeness (QED) is 0.152. The molecule has 2 N–H and O–H groups in total. The number of fused-ring (bicyclic) bond motifs is 2. The highest BCUT2D eigenvalue weighted by molar-refractivity contribution is 7.13. The van der Waals surface area contributed by atoms with Crippen LogP contribution in [0.4, 0.5) is 11.5 Å². The molecule has 0 radical (unpaired) electrons. The first-order valence-corrected chi connectivity index (χ1v) is 11.0. The predicted molar refractivity (Wildman–Crippen MR) is 135 cm³/mol. The lowest BCUT2D eigenvalue weighted by molar-refractivity contribution is -0.384. The van der Waals surface area contributed by atoms with Crippen LogP contribution in [0.5, 0.6) is 0 Å². The van der Waals surface area contributed by atoms with E-state index in [2.05, 4.69) is 57.6 Å². The van der Waals surface area contributed by atoms with Crippen molar-refractivity contribution in [1.29, 1.82) is 0 Å². The van der Waals surface area contributed by atoms with Crippen molar-refractivity contribution in [3.05, 3.63) is 99.7 Å². The minimum absolute atomic E-state index is 0.0411. The van der Waals surface area contributed by atoms with Crippen molar-refractivity contribution in [2.75, 3.05) is 5.73 Å². The van der Waals surface area contributed by atoms with Crippen LogP contribution in [0.3, 0.4) is 0 Å². The maximum Gasteiger partial charge on any atom is 0.270 e. The van der Waals surface area contributed by atoms with E-state index in [-0.39, 0.29) is 18.3 Å². The van der Waals surface area contributed by atoms with E-state index >= 15 is 0 Å². The van der Waals surface area contributed by atoms with Crippen molar-refractivity contribution in [3.63, 3.8) is 0 Å². The highest BCUT2D eigenvalue weighted by atomic mass is 35.5. The molecule has 3 aromatic carbocycles. The molecular formula is C24H19ClN4O4S. The Bertz CT molecular complexity index is 1420. The highest BCUT2D eigenvalue weighted by Crippen LogP contribution is 2.28. The molecule has 0 fully saturated rings. The minimum atomic E-state index is -0.448. The minimum Gasteiger partial charge on any atom is -0.382 e. The summed E-state index contributed by atoms with van der Waals surface area (Å²) in [5, 5.41) is 13.1. The molecule has 0 unspecified atom stereocenters. The van der Waals surface area contributed by atoms with Crippen LogP contribution in [0, 0.1) is 10.1 Å². The number of hydrogen-bond donors (Lipinski definition) is 1. The Labute approximate surface area is 203 Å². The molecule has 0 aliphatic rings. The summed E-state index contributed by atoms with van der Waals surface area (Å²) < 4.78 is 7.01. The Morgan fingerprint density at radius 2 is 1.74 bits per heavy atom. The van der Waals surface area contributed by atoms with E-state index in [0.29, 0.717) is 11.2 Å². The molecule has 0 aliphatic heterocycles. The van der Waals surface area contributed by atoms with Crippen LogP contribution in [0.25, 0.3) is 21.0 Å². The Hall–Kier alpha value is -4.08. The molecule has 10 heteroatoms. The Balaban J connectivity index is 0.000000170. The van der Waals surface area contributed by atoms with Crippen LogP contribution in [0.2, 0.25) is 5.02 Å². The summed E-state index contributed by atoms with van der Waals surface area (Å²) in [4.78, 5) is 27.6. The molecule has 2 aromatic heterocycles. The second kappa shape index (κ2) is 11.7. The van der Waals surface area contributed by atoms with Crippen molar-refractivity contribution >= 4 is 68.2 Å². The zero-order chi connectivity index (χ0) is 24.5. The lowest BCUT2D eigenvalue weighted by Crippen LogP contribution is -1.97. The van der Waals surface area contributed by atoms with E-state index in [1.54, 1.807) is 6.07 Å². The van der Waals surface area contributed by atoms with E-state index in [1.807, 2.05) is 12.1 Å². The second-order valence-electron chi connectivity index (χ2n) is 6.91. The van der Waals surface area contributed by atoms with Crippen molar-refractivity contribution in [2.24, 2.45) is 0 Å². The average molecular weight is 495 g/mol. The fraction of sp³-hybridized carbons (Fsp3) is 0.0417. The van der Waals surface area contributed by atoms with Gasteiger partial charge in [0.15, 0.2) is 12.6 Å². The van der Waals surface area contributed by atoms with Crippen molar-refractivity contribution < 1.29 is 14.5 Å². The van der Waals surface area contributed by atoms with Crippen molar-refractivity contribution in [1.82, 2.24) is 8.94 Å². The van der Waals surface area contributed by atoms with Crippen LogP contribution in [0.1, 0.15) is 5.56 Å². The largest absolute Gasteiger partial charge is 0.382 e. The summed E-state index contributed by atoms with van der Waals surface area (Å²) in [6.07, 6.45) is 2.51. The number of aldehydes is 2. The van der Waals surface area contributed by atoms with Gasteiger partial charge in [-0.25, -0.2) is 0 Å². The lowest BCUT2D eigenvalue weighted by Gasteiger charge is -2.05.